The van der Waals surface area contributed by atoms with E-state index in [1.807, 2.05) is 38.4 Å². The number of amides is 1. The third kappa shape index (κ3) is 3.36. The number of anilines is 1. The van der Waals surface area contributed by atoms with Gasteiger partial charge in [0.05, 0.1) is 16.9 Å². The van der Waals surface area contributed by atoms with Crippen molar-refractivity contribution in [3.8, 4) is 0 Å². The molecule has 1 aromatic carbocycles. The van der Waals surface area contributed by atoms with E-state index < -0.39 is 0 Å². The van der Waals surface area contributed by atoms with Crippen LogP contribution in [0, 0.1) is 6.92 Å². The fraction of sp³-hybridized carbons (Fsp3) is 0.286. The number of aromatic nitrogens is 2. The molecule has 1 amide bonds. The summed E-state index contributed by atoms with van der Waals surface area (Å²) in [6, 6.07) is 7.44. The quantitative estimate of drug-likeness (QED) is 0.560. The molecule has 20 heavy (non-hydrogen) atoms. The first-order valence-corrected chi connectivity index (χ1v) is 6.44. The first kappa shape index (κ1) is 14.1. The summed E-state index contributed by atoms with van der Waals surface area (Å²) in [5.41, 5.74) is 5.67. The molecule has 106 valence electrons. The molecule has 6 heteroatoms. The van der Waals surface area contributed by atoms with Crippen molar-refractivity contribution in [3.63, 3.8) is 0 Å². The molecule has 0 aliphatic rings. The zero-order valence-corrected chi connectivity index (χ0v) is 11.7. The highest BCUT2D eigenvalue weighted by atomic mass is 16.1. The van der Waals surface area contributed by atoms with Gasteiger partial charge in [0, 0.05) is 26.2 Å². The lowest BCUT2D eigenvalue weighted by atomic mass is 10.1. The van der Waals surface area contributed by atoms with Crippen LogP contribution in [-0.4, -0.2) is 22.2 Å². The van der Waals surface area contributed by atoms with E-state index in [1.165, 1.54) is 0 Å². The Balaban J connectivity index is 1.96. The number of carbonyl (C=O) groups is 1. The van der Waals surface area contributed by atoms with Crippen molar-refractivity contribution in [1.82, 2.24) is 15.1 Å². The lowest BCUT2D eigenvalue weighted by Crippen LogP contribution is -2.27. The Morgan fingerprint density at radius 2 is 2.20 bits per heavy atom. The Morgan fingerprint density at radius 3 is 2.85 bits per heavy atom. The molecule has 0 bridgehead atoms. The maximum Gasteiger partial charge on any atom is 0.253 e. The number of hydrazine groups is 1. The summed E-state index contributed by atoms with van der Waals surface area (Å²) in [5.74, 6) is 5.28. The van der Waals surface area contributed by atoms with Crippen LogP contribution in [0.2, 0.25) is 0 Å². The van der Waals surface area contributed by atoms with Crippen LogP contribution in [-0.2, 0) is 13.5 Å². The van der Waals surface area contributed by atoms with Gasteiger partial charge in [0.2, 0.25) is 0 Å². The number of nitrogen functional groups attached to an aromatic ring is 1. The number of benzene rings is 1. The summed E-state index contributed by atoms with van der Waals surface area (Å²) in [7, 11) is 1.87. The first-order valence-electron chi connectivity index (χ1n) is 6.44. The monoisotopic (exact) mass is 273 g/mol. The molecule has 2 rings (SSSR count). The molecule has 0 saturated heterocycles. The molecule has 6 nitrogen and oxygen atoms in total. The summed E-state index contributed by atoms with van der Waals surface area (Å²) in [4.78, 5) is 12.1. The van der Waals surface area contributed by atoms with Gasteiger partial charge in [0.25, 0.3) is 5.91 Å². The number of nitrogens with one attached hydrogen (secondary N) is 2. The van der Waals surface area contributed by atoms with Crippen LogP contribution in [0.25, 0.3) is 0 Å². The molecule has 0 aliphatic heterocycles. The fourth-order valence-electron chi connectivity index (χ4n) is 1.97. The van der Waals surface area contributed by atoms with Crippen molar-refractivity contribution in [2.75, 3.05) is 12.0 Å². The second-order valence-electron chi connectivity index (χ2n) is 4.68. The van der Waals surface area contributed by atoms with Crippen molar-refractivity contribution < 1.29 is 4.79 Å². The maximum atomic E-state index is 12.1. The number of rotatable bonds is 5. The molecule has 0 spiro atoms. The average Bonchev–Trinajstić information content (AvgIpc) is 2.84. The topological polar surface area (TPSA) is 85.0 Å². The Bertz CT molecular complexity index is 605. The zero-order chi connectivity index (χ0) is 14.5. The highest BCUT2D eigenvalue weighted by Gasteiger charge is 2.10. The SMILES string of the molecule is Cc1ccc(NN)c(C(=O)NCCc2ccn(C)n2)c1. The predicted molar refractivity (Wildman–Crippen MR) is 78.2 cm³/mol. The third-order valence-corrected chi connectivity index (χ3v) is 3.01. The van der Waals surface area contributed by atoms with Gasteiger partial charge in [0.15, 0.2) is 0 Å². The summed E-state index contributed by atoms with van der Waals surface area (Å²) in [6.07, 6.45) is 2.58. The number of nitrogens with zero attached hydrogens (tertiary/aromatic N) is 2. The number of hydrogen-bond acceptors (Lipinski definition) is 4. The molecular formula is C14H19N5O. The number of aryl methyl sites for hydroxylation is 2. The van der Waals surface area contributed by atoms with Gasteiger partial charge in [-0.25, -0.2) is 0 Å². The molecule has 0 fully saturated rings. The zero-order valence-electron chi connectivity index (χ0n) is 11.7. The third-order valence-electron chi connectivity index (χ3n) is 3.01. The van der Waals surface area contributed by atoms with Gasteiger partial charge in [-0.05, 0) is 25.1 Å². The van der Waals surface area contributed by atoms with Gasteiger partial charge < -0.3 is 10.7 Å². The summed E-state index contributed by atoms with van der Waals surface area (Å²) in [6.45, 7) is 2.47. The Kier molecular flexibility index (Phi) is 4.37. The van der Waals surface area contributed by atoms with E-state index in [-0.39, 0.29) is 5.91 Å². The van der Waals surface area contributed by atoms with Crippen LogP contribution in [0.1, 0.15) is 21.6 Å². The molecule has 1 heterocycles. The van der Waals surface area contributed by atoms with Crippen LogP contribution in [0.5, 0.6) is 0 Å². The van der Waals surface area contributed by atoms with Crippen molar-refractivity contribution in [2.24, 2.45) is 12.9 Å². The van der Waals surface area contributed by atoms with E-state index >= 15 is 0 Å². The highest BCUT2D eigenvalue weighted by molar-refractivity contribution is 5.99. The fourth-order valence-corrected chi connectivity index (χ4v) is 1.97. The van der Waals surface area contributed by atoms with Crippen molar-refractivity contribution in [2.45, 2.75) is 13.3 Å². The molecule has 0 atom stereocenters. The number of carbonyl (C=O) groups excluding carboxylic acids is 1. The smallest absolute Gasteiger partial charge is 0.253 e. The lowest BCUT2D eigenvalue weighted by Gasteiger charge is -2.10. The molecule has 2 aromatic rings. The minimum atomic E-state index is -0.141. The van der Waals surface area contributed by atoms with Crippen molar-refractivity contribution in [1.29, 1.82) is 0 Å². The van der Waals surface area contributed by atoms with Crippen LogP contribution >= 0.6 is 0 Å². The molecular weight excluding hydrogens is 254 g/mol. The average molecular weight is 273 g/mol. The Labute approximate surface area is 117 Å². The largest absolute Gasteiger partial charge is 0.352 e. The van der Waals surface area contributed by atoms with Crippen LogP contribution in [0.4, 0.5) is 5.69 Å². The Morgan fingerprint density at radius 1 is 1.40 bits per heavy atom. The second kappa shape index (κ2) is 6.21. The molecule has 0 unspecified atom stereocenters. The van der Waals surface area contributed by atoms with Crippen molar-refractivity contribution >= 4 is 11.6 Å². The molecule has 0 radical (unpaired) electrons. The Hall–Kier alpha value is -2.34. The number of hydrogen-bond donors (Lipinski definition) is 3. The molecule has 0 saturated carbocycles. The predicted octanol–water partition coefficient (Wildman–Crippen LogP) is 0.987. The summed E-state index contributed by atoms with van der Waals surface area (Å²) >= 11 is 0. The number of nitrogens with two attached hydrogens (primary N) is 1. The molecule has 1 aromatic heterocycles. The summed E-state index contributed by atoms with van der Waals surface area (Å²) < 4.78 is 1.74. The molecule has 0 aliphatic carbocycles. The van der Waals surface area contributed by atoms with Crippen LogP contribution in [0.15, 0.2) is 30.5 Å². The minimum Gasteiger partial charge on any atom is -0.352 e. The van der Waals surface area contributed by atoms with Crippen LogP contribution < -0.4 is 16.6 Å². The normalized spacial score (nSPS) is 10.3. The van der Waals surface area contributed by atoms with Gasteiger partial charge in [-0.1, -0.05) is 11.6 Å². The van der Waals surface area contributed by atoms with E-state index in [0.717, 1.165) is 11.3 Å². The van der Waals surface area contributed by atoms with Gasteiger partial charge >= 0.3 is 0 Å². The van der Waals surface area contributed by atoms with Gasteiger partial charge in [-0.3, -0.25) is 15.3 Å². The minimum absolute atomic E-state index is 0.141. The lowest BCUT2D eigenvalue weighted by molar-refractivity contribution is 0.0954. The van der Waals surface area contributed by atoms with E-state index in [1.54, 1.807) is 10.7 Å². The van der Waals surface area contributed by atoms with Crippen LogP contribution in [0.3, 0.4) is 0 Å². The van der Waals surface area contributed by atoms with Gasteiger partial charge in [-0.15, -0.1) is 0 Å². The van der Waals surface area contributed by atoms with E-state index in [9.17, 15) is 4.79 Å². The van der Waals surface area contributed by atoms with E-state index in [4.69, 9.17) is 5.84 Å². The first-order chi connectivity index (χ1) is 9.60. The maximum absolute atomic E-state index is 12.1. The van der Waals surface area contributed by atoms with E-state index in [2.05, 4.69) is 15.8 Å². The van der Waals surface area contributed by atoms with E-state index in [0.29, 0.717) is 24.2 Å². The summed E-state index contributed by atoms with van der Waals surface area (Å²) in [5, 5.41) is 7.14. The van der Waals surface area contributed by atoms with Gasteiger partial charge in [0.1, 0.15) is 0 Å². The molecule has 4 N–H and O–H groups in total. The second-order valence-corrected chi connectivity index (χ2v) is 4.68. The highest BCUT2D eigenvalue weighted by Crippen LogP contribution is 2.16. The standard InChI is InChI=1S/C14H19N5O/c1-10-3-4-13(17-15)12(9-10)14(20)16-7-5-11-6-8-19(2)18-11/h3-4,6,8-9,17H,5,7,15H2,1-2H3,(H,16,20). The van der Waals surface area contributed by atoms with Gasteiger partial charge in [-0.2, -0.15) is 5.10 Å². The van der Waals surface area contributed by atoms with Crippen molar-refractivity contribution in [3.05, 3.63) is 47.3 Å².